The molecule has 0 aliphatic heterocycles. The second-order valence-electron chi connectivity index (χ2n) is 8.96. The van der Waals surface area contributed by atoms with Gasteiger partial charge in [0.05, 0.1) is 17.2 Å². The molecule has 0 fully saturated rings. The lowest BCUT2D eigenvalue weighted by Gasteiger charge is -2.13. The van der Waals surface area contributed by atoms with Gasteiger partial charge in [0.25, 0.3) is 0 Å². The number of aromatic nitrogens is 1. The van der Waals surface area contributed by atoms with Gasteiger partial charge in [0, 0.05) is 36.1 Å². The number of benzene rings is 4. The van der Waals surface area contributed by atoms with Crippen LogP contribution in [0.25, 0.3) is 22.0 Å². The van der Waals surface area contributed by atoms with E-state index in [1.807, 2.05) is 18.2 Å². The van der Waals surface area contributed by atoms with Gasteiger partial charge >= 0.3 is 5.97 Å². The number of carboxylic acids is 1. The zero-order valence-electron chi connectivity index (χ0n) is 20.5. The smallest absolute Gasteiger partial charge is 0.317 e. The third-order valence-electron chi connectivity index (χ3n) is 6.38. The van der Waals surface area contributed by atoms with Crippen molar-refractivity contribution in [3.63, 3.8) is 0 Å². The summed E-state index contributed by atoms with van der Waals surface area (Å²) < 4.78 is 0. The second-order valence-corrected chi connectivity index (χ2v) is 9.91. The summed E-state index contributed by atoms with van der Waals surface area (Å²) in [5.41, 5.74) is 6.79. The molecule has 0 atom stereocenters. The van der Waals surface area contributed by atoms with E-state index >= 15 is 0 Å². The van der Waals surface area contributed by atoms with Crippen LogP contribution in [-0.4, -0.2) is 29.1 Å². The highest BCUT2D eigenvalue weighted by atomic mass is 32.1. The topological polar surface area (TPSA) is 74.2 Å². The van der Waals surface area contributed by atoms with Crippen molar-refractivity contribution in [1.29, 1.82) is 0 Å². The molecular formula is C31H29N3O2S. The third-order valence-corrected chi connectivity index (χ3v) is 7.22. The Balaban J connectivity index is 1.27. The second kappa shape index (κ2) is 11.8. The van der Waals surface area contributed by atoms with E-state index in [4.69, 9.17) is 10.1 Å². The largest absolute Gasteiger partial charge is 0.480 e. The summed E-state index contributed by atoms with van der Waals surface area (Å²) in [6.45, 7) is 1.32. The summed E-state index contributed by atoms with van der Waals surface area (Å²) >= 11 is 1.66. The van der Waals surface area contributed by atoms with E-state index in [0.29, 0.717) is 13.0 Å². The third kappa shape index (κ3) is 6.42. The van der Waals surface area contributed by atoms with Gasteiger partial charge in [-0.15, -0.1) is 11.3 Å². The number of thiazole rings is 1. The van der Waals surface area contributed by atoms with Crippen molar-refractivity contribution in [2.45, 2.75) is 19.4 Å². The first-order chi connectivity index (χ1) is 18.2. The maximum Gasteiger partial charge on any atom is 0.317 e. The Morgan fingerprint density at radius 3 is 2.49 bits per heavy atom. The number of anilines is 1. The molecule has 0 aliphatic carbocycles. The molecule has 0 saturated carbocycles. The van der Waals surface area contributed by atoms with Gasteiger partial charge < -0.3 is 15.7 Å². The van der Waals surface area contributed by atoms with Gasteiger partial charge in [-0.25, -0.2) is 4.98 Å². The molecule has 5 aromatic rings. The normalized spacial score (nSPS) is 11.0. The fraction of sp³-hybridized carbons (Fsp3) is 0.161. The van der Waals surface area contributed by atoms with Gasteiger partial charge in [-0.1, -0.05) is 78.9 Å². The average Bonchev–Trinajstić information content (AvgIpc) is 3.39. The Morgan fingerprint density at radius 1 is 0.892 bits per heavy atom. The molecule has 6 heteroatoms. The first-order valence-corrected chi connectivity index (χ1v) is 13.3. The van der Waals surface area contributed by atoms with Crippen molar-refractivity contribution in [3.8, 4) is 11.3 Å². The van der Waals surface area contributed by atoms with Crippen molar-refractivity contribution in [2.75, 3.05) is 18.4 Å². The minimum absolute atomic E-state index is 0.0683. The van der Waals surface area contributed by atoms with E-state index < -0.39 is 5.97 Å². The van der Waals surface area contributed by atoms with Crippen LogP contribution in [0.5, 0.6) is 0 Å². The van der Waals surface area contributed by atoms with E-state index in [1.165, 1.54) is 5.56 Å². The van der Waals surface area contributed by atoms with E-state index in [-0.39, 0.29) is 6.54 Å². The zero-order chi connectivity index (χ0) is 25.5. The highest BCUT2D eigenvalue weighted by Gasteiger charge is 2.12. The molecule has 0 spiro atoms. The van der Waals surface area contributed by atoms with Crippen molar-refractivity contribution >= 4 is 33.8 Å². The zero-order valence-corrected chi connectivity index (χ0v) is 21.3. The predicted molar refractivity (Wildman–Crippen MR) is 152 cm³/mol. The molecule has 37 heavy (non-hydrogen) atoms. The lowest BCUT2D eigenvalue weighted by atomic mass is 9.97. The molecule has 0 bridgehead atoms. The fourth-order valence-corrected chi connectivity index (χ4v) is 5.32. The van der Waals surface area contributed by atoms with Crippen LogP contribution < -0.4 is 10.6 Å². The van der Waals surface area contributed by atoms with Gasteiger partial charge in [0.2, 0.25) is 0 Å². The molecule has 186 valence electrons. The highest BCUT2D eigenvalue weighted by Crippen LogP contribution is 2.28. The van der Waals surface area contributed by atoms with Gasteiger partial charge in [-0.2, -0.15) is 0 Å². The van der Waals surface area contributed by atoms with E-state index in [2.05, 4.69) is 88.8 Å². The number of nitrogens with zero attached hydrogens (tertiary/aromatic N) is 1. The summed E-state index contributed by atoms with van der Waals surface area (Å²) in [6.07, 6.45) is 1.69. The first-order valence-electron chi connectivity index (χ1n) is 12.4. The number of fused-ring (bicyclic) bond motifs is 1. The minimum Gasteiger partial charge on any atom is -0.480 e. The summed E-state index contributed by atoms with van der Waals surface area (Å²) in [4.78, 5) is 15.9. The van der Waals surface area contributed by atoms with Crippen LogP contribution in [0.1, 0.15) is 21.7 Å². The Labute approximate surface area is 220 Å². The standard InChI is InChI=1S/C31H29N3O2S/c35-31(36)20-32-19-28-25(11-10-23-8-4-5-9-27(23)28)18-30-34-29(21-37-30)24-12-14-26(15-13-24)33-17-16-22-6-2-1-3-7-22/h1-15,21,32-33H,16-20H2,(H,35,36). The number of carbonyl (C=O) groups is 1. The monoisotopic (exact) mass is 507 g/mol. The summed E-state index contributed by atoms with van der Waals surface area (Å²) in [6, 6.07) is 31.4. The van der Waals surface area contributed by atoms with Crippen molar-refractivity contribution in [1.82, 2.24) is 10.3 Å². The number of nitrogens with one attached hydrogen (secondary N) is 2. The van der Waals surface area contributed by atoms with Crippen LogP contribution in [-0.2, 0) is 24.2 Å². The summed E-state index contributed by atoms with van der Waals surface area (Å²) in [7, 11) is 0. The van der Waals surface area contributed by atoms with Crippen LogP contribution in [0.3, 0.4) is 0 Å². The van der Waals surface area contributed by atoms with Crippen molar-refractivity contribution in [2.24, 2.45) is 0 Å². The van der Waals surface area contributed by atoms with E-state index in [1.54, 1.807) is 11.3 Å². The maximum atomic E-state index is 11.0. The quantitative estimate of drug-likeness (QED) is 0.193. The molecule has 1 heterocycles. The number of carboxylic acid groups (broad SMARTS) is 1. The molecule has 0 radical (unpaired) electrons. The van der Waals surface area contributed by atoms with Crippen LogP contribution in [0.15, 0.2) is 96.4 Å². The van der Waals surface area contributed by atoms with Crippen LogP contribution in [0.4, 0.5) is 5.69 Å². The van der Waals surface area contributed by atoms with Crippen molar-refractivity contribution in [3.05, 3.63) is 118 Å². The minimum atomic E-state index is -0.858. The molecule has 3 N–H and O–H groups in total. The molecule has 1 aromatic heterocycles. The Morgan fingerprint density at radius 2 is 1.68 bits per heavy atom. The van der Waals surface area contributed by atoms with Gasteiger partial charge in [-0.05, 0) is 46.0 Å². The molecule has 4 aromatic carbocycles. The Hall–Kier alpha value is -4.00. The van der Waals surface area contributed by atoms with Gasteiger partial charge in [0.1, 0.15) is 0 Å². The molecular weight excluding hydrogens is 478 g/mol. The lowest BCUT2D eigenvalue weighted by molar-refractivity contribution is -0.136. The summed E-state index contributed by atoms with van der Waals surface area (Å²) in [5, 5.41) is 21.0. The molecule has 0 unspecified atom stereocenters. The van der Waals surface area contributed by atoms with Crippen molar-refractivity contribution < 1.29 is 9.90 Å². The van der Waals surface area contributed by atoms with Gasteiger partial charge in [-0.3, -0.25) is 4.79 Å². The molecule has 0 amide bonds. The maximum absolute atomic E-state index is 11.0. The average molecular weight is 508 g/mol. The lowest BCUT2D eigenvalue weighted by Crippen LogP contribution is -2.22. The first kappa shape index (κ1) is 24.7. The summed E-state index contributed by atoms with van der Waals surface area (Å²) in [5.74, 6) is -0.858. The number of rotatable bonds is 11. The number of hydrogen-bond donors (Lipinski definition) is 3. The van der Waals surface area contributed by atoms with Crippen LogP contribution >= 0.6 is 11.3 Å². The Kier molecular flexibility index (Phi) is 7.89. The highest BCUT2D eigenvalue weighted by molar-refractivity contribution is 7.10. The number of aliphatic carboxylic acids is 1. The van der Waals surface area contributed by atoms with Crippen LogP contribution in [0.2, 0.25) is 0 Å². The van der Waals surface area contributed by atoms with E-state index in [9.17, 15) is 4.79 Å². The molecule has 5 nitrogen and oxygen atoms in total. The number of hydrogen-bond acceptors (Lipinski definition) is 5. The Bertz CT molecular complexity index is 1480. The fourth-order valence-electron chi connectivity index (χ4n) is 4.49. The predicted octanol–water partition coefficient (Wildman–Crippen LogP) is 6.38. The van der Waals surface area contributed by atoms with E-state index in [0.717, 1.165) is 56.8 Å². The molecule has 0 saturated heterocycles. The SMILES string of the molecule is O=C(O)CNCc1c(Cc2nc(-c3ccc(NCCc4ccccc4)cc3)cs2)ccc2ccccc12. The van der Waals surface area contributed by atoms with Crippen LogP contribution in [0, 0.1) is 0 Å². The van der Waals surface area contributed by atoms with Gasteiger partial charge in [0.15, 0.2) is 0 Å². The molecule has 5 rings (SSSR count). The molecule has 0 aliphatic rings.